The zero-order valence-corrected chi connectivity index (χ0v) is 9.55. The third kappa shape index (κ3) is 2.72. The lowest BCUT2D eigenvalue weighted by Crippen LogP contribution is -1.88. The van der Waals surface area contributed by atoms with Gasteiger partial charge in [-0.05, 0) is 12.1 Å². The first-order chi connectivity index (χ1) is 6.66. The molecule has 0 saturated heterocycles. The lowest BCUT2D eigenvalue weighted by Gasteiger charge is -2.01. The molecular formula is C10H8Cl3N. The normalized spacial score (nSPS) is 9.36. The van der Waals surface area contributed by atoms with Crippen LogP contribution in [0.15, 0.2) is 12.1 Å². The summed E-state index contributed by atoms with van der Waals surface area (Å²) in [6.07, 6.45) is 0.625. The van der Waals surface area contributed by atoms with Crippen molar-refractivity contribution >= 4 is 40.5 Å². The Kier molecular flexibility index (Phi) is 4.41. The van der Waals surface area contributed by atoms with Crippen LogP contribution in [0.3, 0.4) is 0 Å². The molecule has 0 saturated carbocycles. The van der Waals surface area contributed by atoms with Gasteiger partial charge in [-0.15, -0.1) is 11.6 Å². The number of nitrogens with two attached hydrogens (primary N) is 1. The summed E-state index contributed by atoms with van der Waals surface area (Å²) in [5, 5.41) is 0.748. The van der Waals surface area contributed by atoms with Crippen molar-refractivity contribution in [3.63, 3.8) is 0 Å². The van der Waals surface area contributed by atoms with E-state index in [4.69, 9.17) is 40.5 Å². The summed E-state index contributed by atoms with van der Waals surface area (Å²) in [5.41, 5.74) is 6.69. The van der Waals surface area contributed by atoms with Crippen molar-refractivity contribution in [2.45, 2.75) is 6.42 Å². The van der Waals surface area contributed by atoms with E-state index < -0.39 is 0 Å². The molecule has 2 N–H and O–H groups in total. The van der Waals surface area contributed by atoms with Crippen molar-refractivity contribution in [2.24, 2.45) is 0 Å². The molecule has 74 valence electrons. The monoisotopic (exact) mass is 247 g/mol. The van der Waals surface area contributed by atoms with Crippen LogP contribution in [0.5, 0.6) is 0 Å². The number of alkyl halides is 1. The van der Waals surface area contributed by atoms with Gasteiger partial charge < -0.3 is 5.73 Å². The fourth-order valence-corrected chi connectivity index (χ4v) is 1.34. The Hall–Kier alpha value is -0.550. The van der Waals surface area contributed by atoms with Crippen LogP contribution in [0.2, 0.25) is 10.0 Å². The van der Waals surface area contributed by atoms with Gasteiger partial charge in [-0.2, -0.15) is 0 Å². The van der Waals surface area contributed by atoms with Gasteiger partial charge in [0.05, 0.1) is 15.7 Å². The molecule has 1 aromatic rings. The topological polar surface area (TPSA) is 26.0 Å². The number of benzene rings is 1. The third-order valence-corrected chi connectivity index (χ3v) is 2.64. The van der Waals surface area contributed by atoms with Crippen LogP contribution in [0, 0.1) is 11.8 Å². The molecule has 1 aromatic carbocycles. The first kappa shape index (κ1) is 11.5. The zero-order chi connectivity index (χ0) is 10.6. The van der Waals surface area contributed by atoms with Crippen LogP contribution in [0.25, 0.3) is 0 Å². The molecule has 0 bridgehead atoms. The van der Waals surface area contributed by atoms with Crippen molar-refractivity contribution in [3.8, 4) is 11.8 Å². The molecule has 14 heavy (non-hydrogen) atoms. The van der Waals surface area contributed by atoms with Crippen molar-refractivity contribution in [3.05, 3.63) is 27.7 Å². The molecule has 0 aromatic heterocycles. The molecule has 1 rings (SSSR count). The van der Waals surface area contributed by atoms with Crippen LogP contribution in [0.4, 0.5) is 5.69 Å². The lowest BCUT2D eigenvalue weighted by atomic mass is 10.2. The fourth-order valence-electron chi connectivity index (χ4n) is 0.866. The summed E-state index contributed by atoms with van der Waals surface area (Å²) in [6, 6.07) is 3.42. The summed E-state index contributed by atoms with van der Waals surface area (Å²) < 4.78 is 0. The van der Waals surface area contributed by atoms with Gasteiger partial charge in [-0.3, -0.25) is 0 Å². The molecule has 0 spiro atoms. The quantitative estimate of drug-likeness (QED) is 0.459. The summed E-state index contributed by atoms with van der Waals surface area (Å²) in [7, 11) is 0. The van der Waals surface area contributed by atoms with Crippen molar-refractivity contribution < 1.29 is 0 Å². The second kappa shape index (κ2) is 5.36. The number of hydrogen-bond donors (Lipinski definition) is 1. The summed E-state index contributed by atoms with van der Waals surface area (Å²) in [6.45, 7) is 0. The number of hydrogen-bond acceptors (Lipinski definition) is 1. The van der Waals surface area contributed by atoms with Gasteiger partial charge in [-0.25, -0.2) is 0 Å². The molecule has 1 nitrogen and oxygen atoms in total. The highest BCUT2D eigenvalue weighted by Crippen LogP contribution is 2.30. The second-order valence-corrected chi connectivity index (χ2v) is 3.70. The predicted octanol–water partition coefficient (Wildman–Crippen LogP) is 3.56. The molecule has 0 atom stereocenters. The van der Waals surface area contributed by atoms with Crippen LogP contribution in [0.1, 0.15) is 12.0 Å². The average Bonchev–Trinajstić information content (AvgIpc) is 2.18. The van der Waals surface area contributed by atoms with E-state index >= 15 is 0 Å². The highest BCUT2D eigenvalue weighted by Gasteiger charge is 2.05. The SMILES string of the molecule is Nc1ccc(C#CCCCl)c(Cl)c1Cl. The molecule has 0 unspecified atom stereocenters. The van der Waals surface area contributed by atoms with E-state index in [1.54, 1.807) is 12.1 Å². The number of nitrogen functional groups attached to an aromatic ring is 1. The smallest absolute Gasteiger partial charge is 0.0834 e. The van der Waals surface area contributed by atoms with Gasteiger partial charge in [0.25, 0.3) is 0 Å². The molecule has 0 aliphatic carbocycles. The Morgan fingerprint density at radius 1 is 1.21 bits per heavy atom. The Morgan fingerprint density at radius 2 is 1.93 bits per heavy atom. The summed E-state index contributed by atoms with van der Waals surface area (Å²) in [4.78, 5) is 0. The second-order valence-electron chi connectivity index (χ2n) is 2.57. The van der Waals surface area contributed by atoms with Gasteiger partial charge in [0.15, 0.2) is 0 Å². The average molecular weight is 249 g/mol. The molecule has 0 amide bonds. The Labute approximate surface area is 98.1 Å². The fraction of sp³-hybridized carbons (Fsp3) is 0.200. The van der Waals surface area contributed by atoms with Crippen molar-refractivity contribution in [2.75, 3.05) is 11.6 Å². The van der Waals surface area contributed by atoms with E-state index in [0.717, 1.165) is 0 Å². The van der Waals surface area contributed by atoms with Crippen LogP contribution in [-0.2, 0) is 0 Å². The first-order valence-electron chi connectivity index (χ1n) is 3.95. The maximum Gasteiger partial charge on any atom is 0.0834 e. The molecule has 0 aliphatic rings. The number of anilines is 1. The van der Waals surface area contributed by atoms with E-state index in [2.05, 4.69) is 11.8 Å². The van der Waals surface area contributed by atoms with Crippen LogP contribution in [-0.4, -0.2) is 5.88 Å². The largest absolute Gasteiger partial charge is 0.397 e. The Bertz CT molecular complexity index is 390. The molecule has 0 heterocycles. The van der Waals surface area contributed by atoms with E-state index in [9.17, 15) is 0 Å². The minimum Gasteiger partial charge on any atom is -0.397 e. The maximum atomic E-state index is 5.93. The molecule has 0 aliphatic heterocycles. The van der Waals surface area contributed by atoms with Gasteiger partial charge in [0.1, 0.15) is 0 Å². The van der Waals surface area contributed by atoms with E-state index in [0.29, 0.717) is 33.6 Å². The lowest BCUT2D eigenvalue weighted by molar-refractivity contribution is 1.29. The molecular weight excluding hydrogens is 240 g/mol. The maximum absolute atomic E-state index is 5.93. The third-order valence-electron chi connectivity index (χ3n) is 1.55. The van der Waals surface area contributed by atoms with Crippen molar-refractivity contribution in [1.82, 2.24) is 0 Å². The zero-order valence-electron chi connectivity index (χ0n) is 7.28. The molecule has 4 heteroatoms. The predicted molar refractivity (Wildman–Crippen MR) is 63.1 cm³/mol. The van der Waals surface area contributed by atoms with Crippen LogP contribution < -0.4 is 5.73 Å². The standard InChI is InChI=1S/C10H8Cl3N/c11-6-2-1-3-7-4-5-8(14)10(13)9(7)12/h4-5H,2,6,14H2. The summed E-state index contributed by atoms with van der Waals surface area (Å²) >= 11 is 17.3. The van der Waals surface area contributed by atoms with E-state index in [1.807, 2.05) is 0 Å². The highest BCUT2D eigenvalue weighted by molar-refractivity contribution is 6.44. The Morgan fingerprint density at radius 3 is 2.57 bits per heavy atom. The number of halogens is 3. The van der Waals surface area contributed by atoms with Gasteiger partial charge in [0.2, 0.25) is 0 Å². The number of rotatable bonds is 1. The van der Waals surface area contributed by atoms with Gasteiger partial charge in [0, 0.05) is 17.9 Å². The molecule has 0 fully saturated rings. The minimum absolute atomic E-state index is 0.351. The summed E-state index contributed by atoms with van der Waals surface area (Å²) in [5.74, 6) is 6.26. The van der Waals surface area contributed by atoms with Crippen molar-refractivity contribution in [1.29, 1.82) is 0 Å². The Balaban J connectivity index is 3.02. The van der Waals surface area contributed by atoms with Gasteiger partial charge in [-0.1, -0.05) is 35.0 Å². The van der Waals surface area contributed by atoms with Gasteiger partial charge >= 0.3 is 0 Å². The van der Waals surface area contributed by atoms with E-state index in [1.165, 1.54) is 0 Å². The first-order valence-corrected chi connectivity index (χ1v) is 5.24. The minimum atomic E-state index is 0.351. The van der Waals surface area contributed by atoms with Crippen LogP contribution >= 0.6 is 34.8 Å². The van der Waals surface area contributed by atoms with E-state index in [-0.39, 0.29) is 0 Å². The highest BCUT2D eigenvalue weighted by atomic mass is 35.5. The molecule has 0 radical (unpaired) electrons.